The number of Topliss-reactive ketones (excluding diaryl/α,β-unsaturated/α-hetero) is 1. The highest BCUT2D eigenvalue weighted by atomic mass is 16.5. The predicted molar refractivity (Wildman–Crippen MR) is 53.1 cm³/mol. The van der Waals surface area contributed by atoms with Crippen molar-refractivity contribution in [2.45, 2.75) is 32.8 Å². The number of hydrogen-bond acceptors (Lipinski definition) is 3. The van der Waals surface area contributed by atoms with Gasteiger partial charge in [0.15, 0.2) is 5.78 Å². The van der Waals surface area contributed by atoms with Gasteiger partial charge in [-0.25, -0.2) is 0 Å². The van der Waals surface area contributed by atoms with Crippen LogP contribution in [0.2, 0.25) is 0 Å². The Labute approximate surface area is 84.1 Å². The van der Waals surface area contributed by atoms with Crippen molar-refractivity contribution in [3.8, 4) is 0 Å². The van der Waals surface area contributed by atoms with Crippen molar-refractivity contribution in [2.75, 3.05) is 6.61 Å². The number of rotatable bonds is 5. The van der Waals surface area contributed by atoms with E-state index in [0.29, 0.717) is 13.0 Å². The van der Waals surface area contributed by atoms with E-state index in [1.807, 2.05) is 6.92 Å². The van der Waals surface area contributed by atoms with Gasteiger partial charge in [-0.15, -0.1) is 0 Å². The first kappa shape index (κ1) is 11.0. The normalized spacial score (nSPS) is 11.6. The molecule has 0 amide bonds. The first-order valence-electron chi connectivity index (χ1n) is 4.74. The topological polar surface area (TPSA) is 39.4 Å². The third kappa shape index (κ3) is 2.70. The summed E-state index contributed by atoms with van der Waals surface area (Å²) in [6, 6.07) is 1.79. The summed E-state index contributed by atoms with van der Waals surface area (Å²) >= 11 is 0. The number of ketones is 1. The monoisotopic (exact) mass is 196 g/mol. The molecule has 0 aromatic carbocycles. The van der Waals surface area contributed by atoms with E-state index in [4.69, 9.17) is 9.15 Å². The van der Waals surface area contributed by atoms with Gasteiger partial charge in [-0.2, -0.15) is 0 Å². The molecule has 1 aromatic heterocycles. The largest absolute Gasteiger partial charge is 0.472 e. The predicted octanol–water partition coefficient (Wildman–Crippen LogP) is 2.21. The fourth-order valence-corrected chi connectivity index (χ4v) is 1.23. The Kier molecular flexibility index (Phi) is 3.47. The molecule has 14 heavy (non-hydrogen) atoms. The van der Waals surface area contributed by atoms with Crippen LogP contribution in [-0.2, 0) is 16.0 Å². The Hall–Kier alpha value is -1.09. The van der Waals surface area contributed by atoms with E-state index in [-0.39, 0.29) is 5.78 Å². The molecule has 0 aliphatic carbocycles. The van der Waals surface area contributed by atoms with Gasteiger partial charge >= 0.3 is 0 Å². The molecule has 0 fully saturated rings. The highest BCUT2D eigenvalue weighted by Crippen LogP contribution is 2.14. The van der Waals surface area contributed by atoms with Gasteiger partial charge in [-0.05, 0) is 32.4 Å². The van der Waals surface area contributed by atoms with Crippen LogP contribution >= 0.6 is 0 Å². The number of hydrogen-bond donors (Lipinski definition) is 0. The molecular weight excluding hydrogens is 180 g/mol. The van der Waals surface area contributed by atoms with Crippen molar-refractivity contribution >= 4 is 5.78 Å². The van der Waals surface area contributed by atoms with Gasteiger partial charge in [0.25, 0.3) is 0 Å². The molecule has 0 N–H and O–H groups in total. The van der Waals surface area contributed by atoms with Gasteiger partial charge in [0, 0.05) is 13.0 Å². The average Bonchev–Trinajstić information content (AvgIpc) is 2.56. The summed E-state index contributed by atoms with van der Waals surface area (Å²) in [5.41, 5.74) is 0.189. The molecule has 3 heteroatoms. The molecule has 0 bridgehead atoms. The molecule has 0 atom stereocenters. The molecule has 0 radical (unpaired) electrons. The van der Waals surface area contributed by atoms with Crippen LogP contribution in [0.15, 0.2) is 23.0 Å². The van der Waals surface area contributed by atoms with Gasteiger partial charge in [0.2, 0.25) is 0 Å². The van der Waals surface area contributed by atoms with Crippen molar-refractivity contribution in [2.24, 2.45) is 0 Å². The summed E-state index contributed by atoms with van der Waals surface area (Å²) in [4.78, 5) is 11.8. The number of carbonyl (C=O) groups is 1. The Morgan fingerprint density at radius 3 is 2.79 bits per heavy atom. The minimum absolute atomic E-state index is 0.0701. The molecular formula is C11H16O3. The standard InChI is InChI=1S/C11H16O3/c1-4-14-11(2,3)10(12)7-9-5-6-13-8-9/h5-6,8H,4,7H2,1-3H3. The number of ether oxygens (including phenoxy) is 1. The minimum Gasteiger partial charge on any atom is -0.472 e. The zero-order valence-corrected chi connectivity index (χ0v) is 8.87. The van der Waals surface area contributed by atoms with E-state index < -0.39 is 5.60 Å². The SMILES string of the molecule is CCOC(C)(C)C(=O)Cc1ccoc1. The second-order valence-electron chi connectivity index (χ2n) is 3.67. The highest BCUT2D eigenvalue weighted by molar-refractivity contribution is 5.88. The number of carbonyl (C=O) groups excluding carboxylic acids is 1. The molecule has 1 heterocycles. The van der Waals surface area contributed by atoms with Crippen LogP contribution in [0, 0.1) is 0 Å². The second kappa shape index (κ2) is 4.42. The summed E-state index contributed by atoms with van der Waals surface area (Å²) in [6.07, 6.45) is 3.51. The van der Waals surface area contributed by atoms with Crippen molar-refractivity contribution in [3.63, 3.8) is 0 Å². The molecule has 0 aliphatic rings. The first-order chi connectivity index (χ1) is 6.56. The van der Waals surface area contributed by atoms with E-state index in [9.17, 15) is 4.79 Å². The molecule has 0 aliphatic heterocycles. The molecule has 0 unspecified atom stereocenters. The van der Waals surface area contributed by atoms with E-state index >= 15 is 0 Å². The third-order valence-corrected chi connectivity index (χ3v) is 2.12. The van der Waals surface area contributed by atoms with Gasteiger partial charge < -0.3 is 9.15 Å². The van der Waals surface area contributed by atoms with Crippen molar-refractivity contribution in [1.29, 1.82) is 0 Å². The summed E-state index contributed by atoms with van der Waals surface area (Å²) < 4.78 is 10.3. The molecule has 0 saturated carbocycles. The molecule has 78 valence electrons. The second-order valence-corrected chi connectivity index (χ2v) is 3.67. The lowest BCUT2D eigenvalue weighted by atomic mass is 9.98. The summed E-state index contributed by atoms with van der Waals surface area (Å²) in [5, 5.41) is 0. The lowest BCUT2D eigenvalue weighted by Crippen LogP contribution is -2.36. The van der Waals surface area contributed by atoms with Gasteiger partial charge in [-0.1, -0.05) is 0 Å². The Bertz CT molecular complexity index is 285. The maximum atomic E-state index is 11.8. The van der Waals surface area contributed by atoms with Crippen LogP contribution in [-0.4, -0.2) is 18.0 Å². The van der Waals surface area contributed by atoms with Crippen LogP contribution in [0.4, 0.5) is 0 Å². The van der Waals surface area contributed by atoms with Crippen LogP contribution in [0.25, 0.3) is 0 Å². The zero-order chi connectivity index (χ0) is 10.6. The number of furan rings is 1. The summed E-state index contributed by atoms with van der Waals surface area (Å²) in [7, 11) is 0. The Balaban J connectivity index is 2.57. The van der Waals surface area contributed by atoms with Crippen LogP contribution in [0.5, 0.6) is 0 Å². The van der Waals surface area contributed by atoms with Crippen LogP contribution in [0.1, 0.15) is 26.3 Å². The third-order valence-electron chi connectivity index (χ3n) is 2.12. The fourth-order valence-electron chi connectivity index (χ4n) is 1.23. The lowest BCUT2D eigenvalue weighted by molar-refractivity contribution is -0.139. The Morgan fingerprint density at radius 2 is 2.29 bits per heavy atom. The first-order valence-corrected chi connectivity index (χ1v) is 4.74. The van der Waals surface area contributed by atoms with E-state index in [2.05, 4.69) is 0 Å². The van der Waals surface area contributed by atoms with Crippen LogP contribution < -0.4 is 0 Å². The van der Waals surface area contributed by atoms with Crippen molar-refractivity contribution < 1.29 is 13.9 Å². The van der Waals surface area contributed by atoms with E-state index in [1.54, 1.807) is 32.4 Å². The zero-order valence-electron chi connectivity index (χ0n) is 8.87. The average molecular weight is 196 g/mol. The summed E-state index contributed by atoms with van der Waals surface area (Å²) in [6.45, 7) is 6.01. The summed E-state index contributed by atoms with van der Waals surface area (Å²) in [5.74, 6) is 0.0701. The Morgan fingerprint density at radius 1 is 1.57 bits per heavy atom. The van der Waals surface area contributed by atoms with E-state index in [0.717, 1.165) is 5.56 Å². The van der Waals surface area contributed by atoms with Crippen molar-refractivity contribution in [3.05, 3.63) is 24.2 Å². The lowest BCUT2D eigenvalue weighted by Gasteiger charge is -2.22. The smallest absolute Gasteiger partial charge is 0.168 e. The van der Waals surface area contributed by atoms with Gasteiger partial charge in [0.05, 0.1) is 12.5 Å². The van der Waals surface area contributed by atoms with Crippen LogP contribution in [0.3, 0.4) is 0 Å². The van der Waals surface area contributed by atoms with Gasteiger partial charge in [0.1, 0.15) is 5.60 Å². The molecule has 1 rings (SSSR count). The maximum Gasteiger partial charge on any atom is 0.168 e. The highest BCUT2D eigenvalue weighted by Gasteiger charge is 2.27. The fraction of sp³-hybridized carbons (Fsp3) is 0.545. The maximum absolute atomic E-state index is 11.8. The quantitative estimate of drug-likeness (QED) is 0.724. The molecule has 1 aromatic rings. The van der Waals surface area contributed by atoms with Crippen molar-refractivity contribution in [1.82, 2.24) is 0 Å². The molecule has 0 spiro atoms. The van der Waals surface area contributed by atoms with E-state index in [1.165, 1.54) is 0 Å². The van der Waals surface area contributed by atoms with Gasteiger partial charge in [-0.3, -0.25) is 4.79 Å². The molecule has 0 saturated heterocycles. The minimum atomic E-state index is -0.702. The molecule has 3 nitrogen and oxygen atoms in total.